The van der Waals surface area contributed by atoms with Crippen molar-refractivity contribution in [2.75, 3.05) is 0 Å². The van der Waals surface area contributed by atoms with Crippen molar-refractivity contribution in [2.45, 2.75) is 32.1 Å². The minimum Gasteiger partial charge on any atom is -0.277 e. The fraction of sp³-hybridized carbons (Fsp3) is 0.714. The maximum absolute atomic E-state index is 4.08. The number of aromatic amines is 1. The van der Waals surface area contributed by atoms with Crippen LogP contribution < -0.4 is 0 Å². The van der Waals surface area contributed by atoms with Gasteiger partial charge in [-0.1, -0.05) is 6.42 Å². The van der Waals surface area contributed by atoms with Gasteiger partial charge in [-0.25, -0.2) is 5.10 Å². The van der Waals surface area contributed by atoms with E-state index >= 15 is 0 Å². The van der Waals surface area contributed by atoms with Gasteiger partial charge in [0.05, 0.1) is 5.95 Å². The first-order valence-corrected chi connectivity index (χ1v) is 4.45. The van der Waals surface area contributed by atoms with Crippen LogP contribution in [0, 0.1) is 0 Å². The summed E-state index contributed by atoms with van der Waals surface area (Å²) in [6.45, 7) is 0. The molecule has 0 saturated heterocycles. The Kier molecular flexibility index (Phi) is 2.49. The van der Waals surface area contributed by atoms with Crippen LogP contribution in [0.3, 0.4) is 0 Å². The molecule has 0 aliphatic heterocycles. The van der Waals surface area contributed by atoms with Gasteiger partial charge in [0.1, 0.15) is 0 Å². The third kappa shape index (κ3) is 2.24. The van der Waals surface area contributed by atoms with Crippen molar-refractivity contribution < 1.29 is 0 Å². The van der Waals surface area contributed by atoms with Crippen LogP contribution in [0.15, 0.2) is 5.10 Å². The summed E-state index contributed by atoms with van der Waals surface area (Å²) < 4.78 is 0. The van der Waals surface area contributed by atoms with Gasteiger partial charge < -0.3 is 0 Å². The van der Waals surface area contributed by atoms with Gasteiger partial charge in [0.25, 0.3) is 0 Å². The van der Waals surface area contributed by atoms with Crippen LogP contribution in [0.1, 0.15) is 32.1 Å². The molecule has 1 saturated carbocycles. The van der Waals surface area contributed by atoms with Crippen molar-refractivity contribution >= 4 is 11.7 Å². The Bertz CT molecular complexity index is 269. The number of H-pyrrole nitrogens is 1. The Labute approximate surface area is 75.8 Å². The van der Waals surface area contributed by atoms with E-state index in [1.54, 1.807) is 0 Å². The van der Waals surface area contributed by atoms with Gasteiger partial charge in [-0.05, 0) is 25.7 Å². The lowest BCUT2D eigenvalue weighted by molar-refractivity contribution is 0.666. The first-order chi connectivity index (χ1) is 6.45. The fourth-order valence-corrected chi connectivity index (χ4v) is 1.37. The fourth-order valence-electron chi connectivity index (χ4n) is 1.37. The summed E-state index contributed by atoms with van der Waals surface area (Å²) in [5.41, 5.74) is 5.01. The molecule has 0 atom stereocenters. The zero-order chi connectivity index (χ0) is 8.93. The maximum atomic E-state index is 4.08. The lowest BCUT2D eigenvalue weighted by atomic mass is 9.99. The summed E-state index contributed by atoms with van der Waals surface area (Å²) in [6, 6.07) is 0. The minimum atomic E-state index is 0.304. The zero-order valence-corrected chi connectivity index (χ0v) is 7.27. The monoisotopic (exact) mass is 179 g/mol. The Morgan fingerprint density at radius 2 is 2.08 bits per heavy atom. The Hall–Kier alpha value is -1.46. The molecule has 0 spiro atoms. The van der Waals surface area contributed by atoms with Crippen molar-refractivity contribution in [3.63, 3.8) is 0 Å². The molecule has 0 bridgehead atoms. The van der Waals surface area contributed by atoms with E-state index < -0.39 is 0 Å². The topological polar surface area (TPSA) is 80.9 Å². The van der Waals surface area contributed by atoms with Crippen LogP contribution in [-0.2, 0) is 0 Å². The van der Waals surface area contributed by atoms with Crippen LogP contribution in [0.25, 0.3) is 5.43 Å². The number of aromatic nitrogens is 4. The highest BCUT2D eigenvalue weighted by molar-refractivity contribution is 5.85. The predicted octanol–water partition coefficient (Wildman–Crippen LogP) is 1.52. The lowest BCUT2D eigenvalue weighted by Gasteiger charge is -2.12. The Morgan fingerprint density at radius 3 is 2.77 bits per heavy atom. The number of tetrazole rings is 1. The molecule has 1 aliphatic rings. The van der Waals surface area contributed by atoms with Gasteiger partial charge in [-0.3, -0.25) is 20.8 Å². The Balaban J connectivity index is 1.89. The molecule has 1 aromatic rings. The van der Waals surface area contributed by atoms with Crippen LogP contribution in [0.5, 0.6) is 0 Å². The molecule has 6 nitrogen and oxygen atoms in total. The molecular weight excluding hydrogens is 168 g/mol. The molecular formula is C7H11N6-. The predicted molar refractivity (Wildman–Crippen MR) is 47.7 cm³/mol. The summed E-state index contributed by atoms with van der Waals surface area (Å²) in [7, 11) is 0. The summed E-state index contributed by atoms with van der Waals surface area (Å²) in [4.78, 5) is 0. The van der Waals surface area contributed by atoms with Crippen molar-refractivity contribution in [1.82, 2.24) is 20.6 Å². The van der Waals surface area contributed by atoms with E-state index in [1.165, 1.54) is 19.3 Å². The number of hydrogen-bond donors (Lipinski definition) is 1. The van der Waals surface area contributed by atoms with Crippen molar-refractivity contribution in [3.05, 3.63) is 5.43 Å². The van der Waals surface area contributed by atoms with Crippen LogP contribution in [-0.4, -0.2) is 26.3 Å². The van der Waals surface area contributed by atoms with Crippen molar-refractivity contribution in [2.24, 2.45) is 5.10 Å². The third-order valence-electron chi connectivity index (χ3n) is 2.05. The van der Waals surface area contributed by atoms with Crippen LogP contribution >= 0.6 is 0 Å². The molecule has 1 heterocycles. The van der Waals surface area contributed by atoms with E-state index in [0.29, 0.717) is 5.95 Å². The molecule has 0 amide bonds. The SMILES string of the molecule is C1CCC(=N[N-]c2nn[nH]n2)CC1. The summed E-state index contributed by atoms with van der Waals surface area (Å²) in [6.07, 6.45) is 5.87. The van der Waals surface area contributed by atoms with Gasteiger partial charge in [0.15, 0.2) is 0 Å². The molecule has 0 aromatic carbocycles. The largest absolute Gasteiger partial charge is 0.277 e. The van der Waals surface area contributed by atoms with Gasteiger partial charge in [0.2, 0.25) is 0 Å². The Morgan fingerprint density at radius 1 is 1.23 bits per heavy atom. The molecule has 70 valence electrons. The van der Waals surface area contributed by atoms with E-state index in [2.05, 4.69) is 31.2 Å². The summed E-state index contributed by atoms with van der Waals surface area (Å²) >= 11 is 0. The highest BCUT2D eigenvalue weighted by Crippen LogP contribution is 2.17. The second-order valence-corrected chi connectivity index (χ2v) is 3.04. The summed E-state index contributed by atoms with van der Waals surface area (Å²) in [5.74, 6) is 0.304. The molecule has 1 N–H and O–H groups in total. The quantitative estimate of drug-likeness (QED) is 0.699. The second-order valence-electron chi connectivity index (χ2n) is 3.04. The molecule has 0 radical (unpaired) electrons. The normalized spacial score (nSPS) is 17.1. The summed E-state index contributed by atoms with van der Waals surface area (Å²) in [5, 5.41) is 17.2. The average molecular weight is 179 g/mol. The maximum Gasteiger partial charge on any atom is 0.0830 e. The van der Waals surface area contributed by atoms with E-state index in [9.17, 15) is 0 Å². The van der Waals surface area contributed by atoms with Gasteiger partial charge in [-0.15, -0.1) is 5.21 Å². The third-order valence-corrected chi connectivity index (χ3v) is 2.05. The highest BCUT2D eigenvalue weighted by Gasteiger charge is 2.05. The van der Waals surface area contributed by atoms with Crippen LogP contribution in [0.4, 0.5) is 5.95 Å². The number of nitrogens with zero attached hydrogens (tertiary/aromatic N) is 5. The van der Waals surface area contributed by atoms with Gasteiger partial charge in [-0.2, -0.15) is 0 Å². The molecule has 1 fully saturated rings. The smallest absolute Gasteiger partial charge is 0.0830 e. The lowest BCUT2D eigenvalue weighted by Crippen LogP contribution is -2.03. The van der Waals surface area contributed by atoms with E-state index in [0.717, 1.165) is 18.6 Å². The number of rotatable bonds is 2. The van der Waals surface area contributed by atoms with Gasteiger partial charge >= 0.3 is 0 Å². The molecule has 1 aromatic heterocycles. The highest BCUT2D eigenvalue weighted by atomic mass is 15.5. The van der Waals surface area contributed by atoms with E-state index in [1.807, 2.05) is 0 Å². The number of nitrogens with one attached hydrogen (secondary N) is 1. The minimum absolute atomic E-state index is 0.304. The van der Waals surface area contributed by atoms with Crippen molar-refractivity contribution in [3.8, 4) is 0 Å². The molecule has 1 aliphatic carbocycles. The van der Waals surface area contributed by atoms with E-state index in [-0.39, 0.29) is 0 Å². The second kappa shape index (κ2) is 3.97. The standard InChI is InChI=1S/C7H11N6/c1-2-4-6(5-3-1)8-9-7-10-12-13-11-7/h1-5H2,(H-,9,10,11,12,13)/q-1. The average Bonchev–Trinajstić information content (AvgIpc) is 2.69. The van der Waals surface area contributed by atoms with Crippen molar-refractivity contribution in [1.29, 1.82) is 0 Å². The first kappa shape index (κ1) is 8.15. The zero-order valence-electron chi connectivity index (χ0n) is 7.27. The van der Waals surface area contributed by atoms with Gasteiger partial charge in [0, 0.05) is 5.71 Å². The van der Waals surface area contributed by atoms with E-state index in [4.69, 9.17) is 0 Å². The molecule has 2 rings (SSSR count). The molecule has 6 heteroatoms. The molecule has 0 unspecified atom stereocenters. The molecule has 13 heavy (non-hydrogen) atoms. The van der Waals surface area contributed by atoms with Crippen LogP contribution in [0.2, 0.25) is 0 Å². The first-order valence-electron chi connectivity index (χ1n) is 4.45. The number of hydrogen-bond acceptors (Lipinski definition) is 4.